The molecule has 2 N–H and O–H groups in total. The van der Waals surface area contributed by atoms with Gasteiger partial charge in [-0.05, 0) is 6.16 Å². The van der Waals surface area contributed by atoms with Crippen molar-refractivity contribution in [3.8, 4) is 0 Å². The van der Waals surface area contributed by atoms with Crippen LogP contribution >= 0.6 is 0 Å². The molecule has 0 unspecified atom stereocenters. The van der Waals surface area contributed by atoms with Gasteiger partial charge in [0.1, 0.15) is 0 Å². The molecule has 7 heavy (non-hydrogen) atoms. The normalized spacial score (nSPS) is 4.29. The Bertz CT molecular complexity index is 31.1. The van der Waals surface area contributed by atoms with Crippen molar-refractivity contribution >= 4 is 29.2 Å². The molecule has 0 aromatic rings. The maximum Gasteiger partial charge on any atom is 2.00 e. The van der Waals surface area contributed by atoms with Gasteiger partial charge in [0, 0.05) is 0 Å². The zero-order valence-corrected chi connectivity index (χ0v) is 4.74. The van der Waals surface area contributed by atoms with Gasteiger partial charge < -0.3 is 15.0 Å². The predicted octanol–water partition coefficient (Wildman–Crippen LogP) is -2.81. The topological polar surface area (TPSA) is 104 Å². The van der Waals surface area contributed by atoms with Crippen LogP contribution < -0.4 is 10.2 Å². The SMILES string of the molecule is O=C([O-])[O-].OO.[Mg+2]. The molecule has 0 aromatic carbocycles. The maximum atomic E-state index is 8.33. The molecule has 0 saturated carbocycles. The number of rotatable bonds is 0. The Balaban J connectivity index is -0.0000000480. The van der Waals surface area contributed by atoms with Crippen LogP contribution in [0.25, 0.3) is 0 Å². The van der Waals surface area contributed by atoms with E-state index in [-0.39, 0.29) is 23.1 Å². The Morgan fingerprint density at radius 3 is 1.29 bits per heavy atom. The summed E-state index contributed by atoms with van der Waals surface area (Å²) in [5, 5.41) is 28.7. The second kappa shape index (κ2) is 16.7. The number of carboxylic acid groups (broad SMARTS) is 2. The van der Waals surface area contributed by atoms with Crippen molar-refractivity contribution < 1.29 is 25.5 Å². The molecule has 0 aliphatic heterocycles. The molecule has 0 atom stereocenters. The molecular formula is CH2MgO5. The Kier molecular flexibility index (Phi) is 37.7. The van der Waals surface area contributed by atoms with Crippen LogP contribution in [0.3, 0.4) is 0 Å². The third-order valence-corrected chi connectivity index (χ3v) is 0. The summed E-state index contributed by atoms with van der Waals surface area (Å²) in [6.45, 7) is 0. The molecule has 0 amide bonds. The van der Waals surface area contributed by atoms with Gasteiger partial charge in [0.2, 0.25) is 0 Å². The molecule has 0 heterocycles. The van der Waals surface area contributed by atoms with E-state index in [1.807, 2.05) is 0 Å². The molecule has 0 bridgehead atoms. The van der Waals surface area contributed by atoms with E-state index in [0.717, 1.165) is 0 Å². The monoisotopic (exact) mass is 118 g/mol. The minimum Gasteiger partial charge on any atom is -0.652 e. The zero-order chi connectivity index (χ0) is 5.58. The smallest absolute Gasteiger partial charge is 0.652 e. The van der Waals surface area contributed by atoms with E-state index >= 15 is 0 Å². The molecule has 0 rings (SSSR count). The van der Waals surface area contributed by atoms with E-state index < -0.39 is 6.16 Å². The van der Waals surface area contributed by atoms with Crippen molar-refractivity contribution in [2.75, 3.05) is 0 Å². The second-order valence-electron chi connectivity index (χ2n) is 0.250. The van der Waals surface area contributed by atoms with E-state index in [2.05, 4.69) is 0 Å². The predicted molar refractivity (Wildman–Crippen MR) is 16.4 cm³/mol. The number of carbonyl (C=O) groups is 1. The van der Waals surface area contributed by atoms with Crippen LogP contribution in [0.1, 0.15) is 0 Å². The molecule has 0 saturated heterocycles. The Morgan fingerprint density at radius 2 is 1.29 bits per heavy atom. The van der Waals surface area contributed by atoms with Gasteiger partial charge in [0.05, 0.1) is 0 Å². The van der Waals surface area contributed by atoms with Gasteiger partial charge in [-0.1, -0.05) is 0 Å². The first-order chi connectivity index (χ1) is 2.73. The van der Waals surface area contributed by atoms with Crippen molar-refractivity contribution in [2.45, 2.75) is 0 Å². The Labute approximate surface area is 55.3 Å². The van der Waals surface area contributed by atoms with Gasteiger partial charge in [-0.15, -0.1) is 0 Å². The van der Waals surface area contributed by atoms with E-state index in [1.54, 1.807) is 0 Å². The summed E-state index contributed by atoms with van der Waals surface area (Å²) in [6.07, 6.45) is -2.33. The molecule has 0 aliphatic carbocycles. The van der Waals surface area contributed by atoms with Gasteiger partial charge >= 0.3 is 23.1 Å². The maximum absolute atomic E-state index is 8.33. The average Bonchev–Trinajstić information content (AvgIpc) is 1.41. The summed E-state index contributed by atoms with van der Waals surface area (Å²) < 4.78 is 0. The first kappa shape index (κ1) is 15.8. The first-order valence-electron chi connectivity index (χ1n) is 0.812. The molecule has 0 spiro atoms. The summed E-state index contributed by atoms with van der Waals surface area (Å²) in [6, 6.07) is 0. The number of hydrogen-bond donors (Lipinski definition) is 2. The first-order valence-corrected chi connectivity index (χ1v) is 0.812. The van der Waals surface area contributed by atoms with Gasteiger partial charge in [-0.2, -0.15) is 0 Å². The standard InChI is InChI=1S/CH2O3.Mg.H2O2/c2-1(3)4;;1-2/h(H2,2,3,4);;1-2H/q;+2;/p-2. The van der Waals surface area contributed by atoms with E-state index in [9.17, 15) is 0 Å². The van der Waals surface area contributed by atoms with Crippen molar-refractivity contribution in [1.82, 2.24) is 0 Å². The summed E-state index contributed by atoms with van der Waals surface area (Å²) >= 11 is 0. The summed E-state index contributed by atoms with van der Waals surface area (Å²) in [4.78, 5) is 8.33. The van der Waals surface area contributed by atoms with Crippen molar-refractivity contribution in [3.63, 3.8) is 0 Å². The van der Waals surface area contributed by atoms with Crippen LogP contribution in [0.2, 0.25) is 0 Å². The van der Waals surface area contributed by atoms with Crippen LogP contribution in [-0.2, 0) is 0 Å². The molecule has 6 heteroatoms. The quantitative estimate of drug-likeness (QED) is 0.203. The zero-order valence-electron chi connectivity index (χ0n) is 3.33. The minimum atomic E-state index is -2.33. The van der Waals surface area contributed by atoms with Crippen LogP contribution in [0, 0.1) is 0 Å². The molecule has 0 fully saturated rings. The van der Waals surface area contributed by atoms with Gasteiger partial charge in [-0.3, -0.25) is 10.5 Å². The Hall–Kier alpha value is -0.0438. The molecule has 5 nitrogen and oxygen atoms in total. The molecular weight excluding hydrogens is 116 g/mol. The number of carbonyl (C=O) groups excluding carboxylic acids is 1. The second-order valence-corrected chi connectivity index (χ2v) is 0.250. The van der Waals surface area contributed by atoms with Crippen molar-refractivity contribution in [3.05, 3.63) is 0 Å². The molecule has 38 valence electrons. The molecule has 0 aliphatic rings. The van der Waals surface area contributed by atoms with Crippen LogP contribution in [0.5, 0.6) is 0 Å². The fourth-order valence-electron chi connectivity index (χ4n) is 0. The van der Waals surface area contributed by atoms with Crippen molar-refractivity contribution in [1.29, 1.82) is 0 Å². The molecule has 0 aromatic heterocycles. The molecule has 0 radical (unpaired) electrons. The third-order valence-electron chi connectivity index (χ3n) is 0. The summed E-state index contributed by atoms with van der Waals surface area (Å²) in [5.41, 5.74) is 0. The number of hydrogen-bond acceptors (Lipinski definition) is 5. The van der Waals surface area contributed by atoms with E-state index in [1.165, 1.54) is 0 Å². The van der Waals surface area contributed by atoms with Gasteiger partial charge in [-0.25, -0.2) is 0 Å². The largest absolute Gasteiger partial charge is 2.00 e. The minimum absolute atomic E-state index is 0. The van der Waals surface area contributed by atoms with Crippen LogP contribution in [0.4, 0.5) is 4.79 Å². The van der Waals surface area contributed by atoms with Crippen molar-refractivity contribution in [2.24, 2.45) is 0 Å². The average molecular weight is 118 g/mol. The van der Waals surface area contributed by atoms with Crippen LogP contribution in [0.15, 0.2) is 0 Å². The van der Waals surface area contributed by atoms with Gasteiger partial charge in [0.25, 0.3) is 0 Å². The van der Waals surface area contributed by atoms with Crippen LogP contribution in [-0.4, -0.2) is 39.7 Å². The Morgan fingerprint density at radius 1 is 1.29 bits per heavy atom. The summed E-state index contributed by atoms with van der Waals surface area (Å²) in [7, 11) is 0. The van der Waals surface area contributed by atoms with Gasteiger partial charge in [0.15, 0.2) is 0 Å². The fraction of sp³-hybridized carbons (Fsp3) is 0. The van der Waals surface area contributed by atoms with E-state index in [0.29, 0.717) is 0 Å². The third kappa shape index (κ3) is 48700. The fourth-order valence-corrected chi connectivity index (χ4v) is 0. The summed E-state index contributed by atoms with van der Waals surface area (Å²) in [5.74, 6) is 0. The van der Waals surface area contributed by atoms with E-state index in [4.69, 9.17) is 25.5 Å².